The fourth-order valence-corrected chi connectivity index (χ4v) is 2.68. The van der Waals surface area contributed by atoms with Crippen LogP contribution in [0.15, 0.2) is 18.2 Å². The second kappa shape index (κ2) is 8.38. The Bertz CT molecular complexity index is 558. The van der Waals surface area contributed by atoms with Gasteiger partial charge in [0.15, 0.2) is 11.5 Å². The number of carbonyl (C=O) groups excluding carboxylic acids is 1. The summed E-state index contributed by atoms with van der Waals surface area (Å²) in [4.78, 5) is 12.6. The Labute approximate surface area is 144 Å². The second-order valence-corrected chi connectivity index (χ2v) is 6.71. The van der Waals surface area contributed by atoms with Crippen molar-refractivity contribution in [2.75, 3.05) is 19.8 Å². The molecule has 0 bridgehead atoms. The Kier molecular flexibility index (Phi) is 6.49. The Morgan fingerprint density at radius 1 is 1.21 bits per heavy atom. The second-order valence-electron chi connectivity index (χ2n) is 6.71. The van der Waals surface area contributed by atoms with Crippen LogP contribution in [0.5, 0.6) is 11.5 Å². The van der Waals surface area contributed by atoms with Crippen molar-refractivity contribution >= 4 is 5.91 Å². The minimum atomic E-state index is -0.334. The number of nitrogens with one attached hydrogen (secondary N) is 1. The van der Waals surface area contributed by atoms with E-state index in [1.807, 2.05) is 19.9 Å². The predicted molar refractivity (Wildman–Crippen MR) is 95.7 cm³/mol. The van der Waals surface area contributed by atoms with Crippen LogP contribution in [-0.4, -0.2) is 31.2 Å². The van der Waals surface area contributed by atoms with Gasteiger partial charge in [-0.2, -0.15) is 0 Å². The maximum atomic E-state index is 12.6. The third kappa shape index (κ3) is 4.63. The molecule has 1 aliphatic rings. The van der Waals surface area contributed by atoms with E-state index in [1.165, 1.54) is 0 Å². The van der Waals surface area contributed by atoms with Gasteiger partial charge in [0, 0.05) is 12.1 Å². The highest BCUT2D eigenvalue weighted by molar-refractivity contribution is 5.95. The molecule has 134 valence electrons. The van der Waals surface area contributed by atoms with E-state index in [9.17, 15) is 4.79 Å². The van der Waals surface area contributed by atoms with Gasteiger partial charge in [0.2, 0.25) is 0 Å². The van der Waals surface area contributed by atoms with Gasteiger partial charge in [-0.1, -0.05) is 13.8 Å². The van der Waals surface area contributed by atoms with Crippen LogP contribution in [-0.2, 0) is 0 Å². The summed E-state index contributed by atoms with van der Waals surface area (Å²) in [6, 6.07) is 5.36. The fourth-order valence-electron chi connectivity index (χ4n) is 2.68. The summed E-state index contributed by atoms with van der Waals surface area (Å²) in [6.07, 6.45) is 4.08. The fraction of sp³-hybridized carbons (Fsp3) is 0.632. The lowest BCUT2D eigenvalue weighted by molar-refractivity contribution is 0.0897. The number of hydrogen-bond donors (Lipinski definition) is 2. The van der Waals surface area contributed by atoms with E-state index < -0.39 is 0 Å². The Balaban J connectivity index is 2.14. The molecule has 1 aliphatic carbocycles. The zero-order chi connectivity index (χ0) is 17.6. The number of ether oxygens (including phenoxy) is 2. The molecule has 3 N–H and O–H groups in total. The number of nitrogens with two attached hydrogens (primary N) is 1. The van der Waals surface area contributed by atoms with Crippen LogP contribution >= 0.6 is 0 Å². The van der Waals surface area contributed by atoms with Gasteiger partial charge in [0.05, 0.1) is 18.8 Å². The summed E-state index contributed by atoms with van der Waals surface area (Å²) in [5, 5.41) is 3.11. The molecule has 0 spiro atoms. The largest absolute Gasteiger partial charge is 0.490 e. The van der Waals surface area contributed by atoms with Gasteiger partial charge in [0.25, 0.3) is 5.91 Å². The SMILES string of the molecule is CCCOc1ccc(C(=O)NC(C)(CN)C2CC2)cc1OCCC. The molecule has 0 radical (unpaired) electrons. The predicted octanol–water partition coefficient (Wildman–Crippen LogP) is 3.12. The van der Waals surface area contributed by atoms with Crippen LogP contribution < -0.4 is 20.5 Å². The third-order valence-corrected chi connectivity index (χ3v) is 4.43. The highest BCUT2D eigenvalue weighted by Gasteiger charge is 2.41. The van der Waals surface area contributed by atoms with Crippen LogP contribution in [0.1, 0.15) is 56.8 Å². The Morgan fingerprint density at radius 3 is 2.38 bits per heavy atom. The third-order valence-electron chi connectivity index (χ3n) is 4.43. The van der Waals surface area contributed by atoms with E-state index in [4.69, 9.17) is 15.2 Å². The molecular weight excluding hydrogens is 304 g/mol. The molecule has 1 unspecified atom stereocenters. The normalized spacial score (nSPS) is 16.3. The van der Waals surface area contributed by atoms with Gasteiger partial charge in [-0.15, -0.1) is 0 Å². The summed E-state index contributed by atoms with van der Waals surface area (Å²) in [5.41, 5.74) is 6.13. The lowest BCUT2D eigenvalue weighted by atomic mass is 9.95. The molecule has 24 heavy (non-hydrogen) atoms. The minimum absolute atomic E-state index is 0.113. The smallest absolute Gasteiger partial charge is 0.251 e. The van der Waals surface area contributed by atoms with E-state index in [0.717, 1.165) is 25.7 Å². The van der Waals surface area contributed by atoms with Crippen LogP contribution in [0.2, 0.25) is 0 Å². The number of rotatable bonds is 10. The molecule has 0 heterocycles. The minimum Gasteiger partial charge on any atom is -0.490 e. The molecule has 0 aromatic heterocycles. The Hall–Kier alpha value is -1.75. The molecule has 1 aromatic carbocycles. The zero-order valence-corrected chi connectivity index (χ0v) is 15.1. The summed E-state index contributed by atoms with van der Waals surface area (Å²) < 4.78 is 11.5. The summed E-state index contributed by atoms with van der Waals surface area (Å²) in [6.45, 7) is 7.79. The van der Waals surface area contributed by atoms with Crippen molar-refractivity contribution in [3.05, 3.63) is 23.8 Å². The molecule has 1 fully saturated rings. The van der Waals surface area contributed by atoms with Crippen LogP contribution in [0, 0.1) is 5.92 Å². The van der Waals surface area contributed by atoms with Crippen molar-refractivity contribution in [3.8, 4) is 11.5 Å². The highest BCUT2D eigenvalue weighted by atomic mass is 16.5. The van der Waals surface area contributed by atoms with Crippen molar-refractivity contribution in [1.82, 2.24) is 5.32 Å². The molecule has 2 rings (SSSR count). The van der Waals surface area contributed by atoms with Crippen molar-refractivity contribution in [2.45, 2.75) is 52.0 Å². The summed E-state index contributed by atoms with van der Waals surface area (Å²) >= 11 is 0. The van der Waals surface area contributed by atoms with E-state index in [-0.39, 0.29) is 11.4 Å². The number of hydrogen-bond acceptors (Lipinski definition) is 4. The lowest BCUT2D eigenvalue weighted by Gasteiger charge is -2.29. The molecule has 1 saturated carbocycles. The zero-order valence-electron chi connectivity index (χ0n) is 15.1. The lowest BCUT2D eigenvalue weighted by Crippen LogP contribution is -2.53. The van der Waals surface area contributed by atoms with E-state index in [2.05, 4.69) is 12.2 Å². The first-order valence-corrected chi connectivity index (χ1v) is 8.96. The van der Waals surface area contributed by atoms with E-state index in [0.29, 0.717) is 42.7 Å². The van der Waals surface area contributed by atoms with E-state index >= 15 is 0 Å². The average molecular weight is 334 g/mol. The van der Waals surface area contributed by atoms with Gasteiger partial charge in [0.1, 0.15) is 0 Å². The molecule has 1 aromatic rings. The van der Waals surface area contributed by atoms with Gasteiger partial charge in [-0.05, 0) is 56.7 Å². The topological polar surface area (TPSA) is 73.6 Å². The summed E-state index contributed by atoms with van der Waals surface area (Å²) in [5.74, 6) is 1.68. The van der Waals surface area contributed by atoms with Crippen LogP contribution in [0.25, 0.3) is 0 Å². The number of benzene rings is 1. The molecule has 0 saturated heterocycles. The summed E-state index contributed by atoms with van der Waals surface area (Å²) in [7, 11) is 0. The van der Waals surface area contributed by atoms with Gasteiger partial charge in [-0.3, -0.25) is 4.79 Å². The molecule has 1 amide bonds. The van der Waals surface area contributed by atoms with Crippen LogP contribution in [0.4, 0.5) is 0 Å². The molecular formula is C19H30N2O3. The standard InChI is InChI=1S/C19H30N2O3/c1-4-10-23-16-9-6-14(12-17(16)24-11-5-2)18(22)21-19(3,13-20)15-7-8-15/h6,9,12,15H,4-5,7-8,10-11,13,20H2,1-3H3,(H,21,22). The van der Waals surface area contributed by atoms with E-state index in [1.54, 1.807) is 12.1 Å². The van der Waals surface area contributed by atoms with Crippen LogP contribution in [0.3, 0.4) is 0 Å². The quantitative estimate of drug-likeness (QED) is 0.689. The number of carbonyl (C=O) groups is 1. The highest BCUT2D eigenvalue weighted by Crippen LogP contribution is 2.39. The van der Waals surface area contributed by atoms with Crippen molar-refractivity contribution in [1.29, 1.82) is 0 Å². The maximum absolute atomic E-state index is 12.6. The van der Waals surface area contributed by atoms with Gasteiger partial charge >= 0.3 is 0 Å². The molecule has 1 atom stereocenters. The molecule has 0 aliphatic heterocycles. The van der Waals surface area contributed by atoms with Crippen molar-refractivity contribution in [2.24, 2.45) is 11.7 Å². The monoisotopic (exact) mass is 334 g/mol. The number of amides is 1. The average Bonchev–Trinajstić information content (AvgIpc) is 3.43. The first kappa shape index (κ1) is 18.6. The maximum Gasteiger partial charge on any atom is 0.251 e. The van der Waals surface area contributed by atoms with Crippen molar-refractivity contribution < 1.29 is 14.3 Å². The van der Waals surface area contributed by atoms with Gasteiger partial charge in [-0.25, -0.2) is 0 Å². The Morgan fingerprint density at radius 2 is 1.83 bits per heavy atom. The molecule has 5 nitrogen and oxygen atoms in total. The first-order valence-electron chi connectivity index (χ1n) is 8.96. The first-order chi connectivity index (χ1) is 11.5. The van der Waals surface area contributed by atoms with Crippen molar-refractivity contribution in [3.63, 3.8) is 0 Å². The molecule has 5 heteroatoms. The van der Waals surface area contributed by atoms with Gasteiger partial charge < -0.3 is 20.5 Å².